The van der Waals surface area contributed by atoms with Gasteiger partial charge in [0.1, 0.15) is 5.75 Å². The Hall–Kier alpha value is -3.18. The zero-order chi connectivity index (χ0) is 19.2. The van der Waals surface area contributed by atoms with Gasteiger partial charge >= 0.3 is 0 Å². The van der Waals surface area contributed by atoms with Crippen LogP contribution >= 0.6 is 12.2 Å². The van der Waals surface area contributed by atoms with Crippen LogP contribution in [0.2, 0.25) is 0 Å². The van der Waals surface area contributed by atoms with Gasteiger partial charge in [0.25, 0.3) is 0 Å². The van der Waals surface area contributed by atoms with Gasteiger partial charge < -0.3 is 15.2 Å². The van der Waals surface area contributed by atoms with E-state index < -0.39 is 0 Å². The summed E-state index contributed by atoms with van der Waals surface area (Å²) < 4.78 is 6.98. The molecule has 3 rings (SSSR count). The van der Waals surface area contributed by atoms with Crippen LogP contribution in [0.4, 0.5) is 5.69 Å². The number of benzene rings is 2. The van der Waals surface area contributed by atoms with Gasteiger partial charge in [-0.05, 0) is 30.4 Å². The Labute approximate surface area is 164 Å². The zero-order valence-corrected chi connectivity index (χ0v) is 16.0. The van der Waals surface area contributed by atoms with Crippen LogP contribution in [0, 0.1) is 6.92 Å². The molecule has 2 aromatic carbocycles. The first-order chi connectivity index (χ1) is 13.1. The van der Waals surface area contributed by atoms with Gasteiger partial charge in [-0.15, -0.1) is 0 Å². The minimum Gasteiger partial charge on any atom is -0.867 e. The van der Waals surface area contributed by atoms with Gasteiger partial charge in [-0.2, -0.15) is 4.57 Å². The van der Waals surface area contributed by atoms with Gasteiger partial charge in [0, 0.05) is 23.9 Å². The molecule has 0 amide bonds. The van der Waals surface area contributed by atoms with Crippen LogP contribution in [0.15, 0.2) is 79.1 Å². The summed E-state index contributed by atoms with van der Waals surface area (Å²) in [6.07, 6.45) is 3.61. The molecule has 1 heterocycles. The molecule has 0 radical (unpaired) electrons. The molecule has 136 valence electrons. The van der Waals surface area contributed by atoms with Crippen molar-refractivity contribution < 1.29 is 14.4 Å². The minimum atomic E-state index is -0.147. The Morgan fingerprint density at radius 1 is 1.00 bits per heavy atom. The van der Waals surface area contributed by atoms with Crippen molar-refractivity contribution in [3.63, 3.8) is 0 Å². The smallest absolute Gasteiger partial charge is 0.238 e. The Morgan fingerprint density at radius 3 is 2.37 bits per heavy atom. The third kappa shape index (κ3) is 4.51. The Bertz CT molecular complexity index is 967. The highest BCUT2D eigenvalue weighted by Gasteiger charge is 2.18. The third-order valence-electron chi connectivity index (χ3n) is 4.05. The highest BCUT2D eigenvalue weighted by molar-refractivity contribution is 7.81. The van der Waals surface area contributed by atoms with Crippen molar-refractivity contribution in [1.29, 1.82) is 0 Å². The molecule has 0 aliphatic carbocycles. The number of nitrogens with zero attached hydrogens (tertiary/aromatic N) is 1. The van der Waals surface area contributed by atoms with Crippen LogP contribution < -0.4 is 19.7 Å². The van der Waals surface area contributed by atoms with Crippen LogP contribution in [0.25, 0.3) is 11.5 Å². The van der Waals surface area contributed by atoms with Crippen LogP contribution in [-0.4, -0.2) is 12.1 Å². The van der Waals surface area contributed by atoms with Crippen molar-refractivity contribution in [3.8, 4) is 5.75 Å². The fraction of sp³-hybridized carbons (Fsp3) is 0.0909. The molecule has 0 unspecified atom stereocenters. The summed E-state index contributed by atoms with van der Waals surface area (Å²) in [4.78, 5) is 0.338. The lowest BCUT2D eigenvalue weighted by Gasteiger charge is -2.17. The average Bonchev–Trinajstić information content (AvgIpc) is 2.69. The van der Waals surface area contributed by atoms with E-state index in [1.165, 1.54) is 0 Å². The first kappa shape index (κ1) is 18.6. The van der Waals surface area contributed by atoms with Crippen molar-refractivity contribution in [1.82, 2.24) is 0 Å². The Kier molecular flexibility index (Phi) is 5.84. The number of hydrogen-bond donors (Lipinski definition) is 1. The summed E-state index contributed by atoms with van der Waals surface area (Å²) in [6.45, 7) is 1.99. The van der Waals surface area contributed by atoms with E-state index in [1.54, 1.807) is 24.1 Å². The van der Waals surface area contributed by atoms with Crippen molar-refractivity contribution in [2.45, 2.75) is 6.92 Å². The number of anilines is 1. The van der Waals surface area contributed by atoms with Crippen LogP contribution in [0.5, 0.6) is 5.75 Å². The molecule has 5 heteroatoms. The van der Waals surface area contributed by atoms with E-state index in [9.17, 15) is 5.11 Å². The predicted molar refractivity (Wildman–Crippen MR) is 110 cm³/mol. The number of pyridine rings is 1. The molecular weight excluding hydrogens is 356 g/mol. The molecule has 0 spiro atoms. The molecule has 0 saturated carbocycles. The number of methoxy groups -OCH3 is 1. The highest BCUT2D eigenvalue weighted by atomic mass is 32.1. The number of ether oxygens (including phenoxy) is 1. The van der Waals surface area contributed by atoms with Gasteiger partial charge in [-0.1, -0.05) is 54.2 Å². The van der Waals surface area contributed by atoms with E-state index in [2.05, 4.69) is 5.32 Å². The van der Waals surface area contributed by atoms with Crippen molar-refractivity contribution in [2.24, 2.45) is 0 Å². The lowest BCUT2D eigenvalue weighted by molar-refractivity contribution is -0.577. The molecule has 0 bridgehead atoms. The van der Waals surface area contributed by atoms with Crippen molar-refractivity contribution >= 4 is 34.3 Å². The number of hydrogen-bond acceptors (Lipinski definition) is 3. The van der Waals surface area contributed by atoms with Gasteiger partial charge in [0.05, 0.1) is 7.11 Å². The monoisotopic (exact) mass is 376 g/mol. The predicted octanol–water partition coefficient (Wildman–Crippen LogP) is 3.42. The summed E-state index contributed by atoms with van der Waals surface area (Å²) in [6, 6.07) is 20.5. The van der Waals surface area contributed by atoms with Crippen LogP contribution in [0.1, 0.15) is 11.1 Å². The number of nitrogens with one attached hydrogen (secondary N) is 1. The van der Waals surface area contributed by atoms with E-state index in [0.29, 0.717) is 22.0 Å². The number of rotatable bonds is 5. The lowest BCUT2D eigenvalue weighted by Crippen LogP contribution is -2.39. The fourth-order valence-corrected chi connectivity index (χ4v) is 2.93. The first-order valence-corrected chi connectivity index (χ1v) is 8.89. The molecule has 4 nitrogen and oxygen atoms in total. The first-order valence-electron chi connectivity index (χ1n) is 8.49. The van der Waals surface area contributed by atoms with E-state index in [4.69, 9.17) is 17.0 Å². The quantitative estimate of drug-likeness (QED) is 0.321. The summed E-state index contributed by atoms with van der Waals surface area (Å²) in [7, 11) is 1.61. The normalized spacial score (nSPS) is 11.5. The van der Waals surface area contributed by atoms with E-state index in [0.717, 1.165) is 11.3 Å². The largest absolute Gasteiger partial charge is 0.867 e. The number of thiocarbonyl (C=S) groups is 1. The molecule has 0 aliphatic rings. The maximum absolute atomic E-state index is 13.2. The molecule has 1 N–H and O–H groups in total. The molecule has 0 saturated heterocycles. The molecule has 0 aliphatic heterocycles. The Balaban J connectivity index is 2.03. The maximum atomic E-state index is 13.2. The molecule has 1 aromatic heterocycles. The highest BCUT2D eigenvalue weighted by Crippen LogP contribution is 2.20. The van der Waals surface area contributed by atoms with E-state index >= 15 is 0 Å². The molecular formula is C22H20N2O2S. The SMILES string of the molecule is COc1cccc(NC(=S)/C(=C(/[O-])c2ccc(C)cc2)[n+]2ccccc2)c1. The molecule has 0 fully saturated rings. The van der Waals surface area contributed by atoms with Crippen molar-refractivity contribution in [3.05, 3.63) is 90.3 Å². The second-order valence-electron chi connectivity index (χ2n) is 6.01. The molecule has 27 heavy (non-hydrogen) atoms. The van der Waals surface area contributed by atoms with Crippen LogP contribution in [0.3, 0.4) is 0 Å². The lowest BCUT2D eigenvalue weighted by atomic mass is 10.1. The summed E-state index contributed by atoms with van der Waals surface area (Å²) >= 11 is 5.59. The van der Waals surface area contributed by atoms with Gasteiger partial charge in [-0.3, -0.25) is 0 Å². The summed E-state index contributed by atoms with van der Waals surface area (Å²) in [5.41, 5.74) is 2.82. The Morgan fingerprint density at radius 2 is 1.70 bits per heavy atom. The number of aryl methyl sites for hydroxylation is 1. The van der Waals surface area contributed by atoms with Gasteiger partial charge in [0.15, 0.2) is 17.4 Å². The molecule has 3 aromatic rings. The van der Waals surface area contributed by atoms with Gasteiger partial charge in [0.2, 0.25) is 5.70 Å². The third-order valence-corrected chi connectivity index (χ3v) is 4.34. The van der Waals surface area contributed by atoms with E-state index in [-0.39, 0.29) is 5.76 Å². The summed E-state index contributed by atoms with van der Waals surface area (Å²) in [5, 5.41) is 16.4. The second-order valence-corrected chi connectivity index (χ2v) is 6.42. The van der Waals surface area contributed by atoms with Crippen LogP contribution in [-0.2, 0) is 0 Å². The van der Waals surface area contributed by atoms with E-state index in [1.807, 2.05) is 73.7 Å². The number of aromatic nitrogens is 1. The molecule has 0 atom stereocenters. The van der Waals surface area contributed by atoms with Gasteiger partial charge in [-0.25, -0.2) is 0 Å². The van der Waals surface area contributed by atoms with Crippen molar-refractivity contribution in [2.75, 3.05) is 12.4 Å². The average molecular weight is 376 g/mol. The fourth-order valence-electron chi connectivity index (χ4n) is 2.62. The minimum absolute atomic E-state index is 0.147. The zero-order valence-electron chi connectivity index (χ0n) is 15.2. The topological polar surface area (TPSA) is 48.2 Å². The maximum Gasteiger partial charge on any atom is 0.238 e. The summed E-state index contributed by atoms with van der Waals surface area (Å²) in [5.74, 6) is 0.563. The second kappa shape index (κ2) is 8.47. The standard InChI is InChI=1S/C22H20N2O2S/c1-16-9-11-17(12-10-16)21(25)20(24-13-4-3-5-14-24)22(27)23-18-7-6-8-19(15-18)26-2/h3-15H,1-2H3,(H-,23,25,27).